The van der Waals surface area contributed by atoms with Crippen LogP contribution in [0, 0.1) is 20.8 Å². The SMILES string of the molecule is Cc1ccc(C2=Cc3c(cc(C)c(C)c3-c3ccccc3Cl)C2)o1. The van der Waals surface area contributed by atoms with Crippen molar-refractivity contribution in [3.05, 3.63) is 81.3 Å². The van der Waals surface area contributed by atoms with Gasteiger partial charge in [0.2, 0.25) is 0 Å². The molecule has 120 valence electrons. The second kappa shape index (κ2) is 5.68. The molecule has 1 aliphatic rings. The van der Waals surface area contributed by atoms with E-state index in [4.69, 9.17) is 16.0 Å². The average molecular weight is 335 g/mol. The minimum absolute atomic E-state index is 0.795. The van der Waals surface area contributed by atoms with Crippen LogP contribution in [0.1, 0.15) is 33.8 Å². The molecule has 0 atom stereocenters. The summed E-state index contributed by atoms with van der Waals surface area (Å²) in [6.45, 7) is 6.33. The molecule has 3 aromatic rings. The lowest BCUT2D eigenvalue weighted by atomic mass is 9.90. The number of aryl methyl sites for hydroxylation is 2. The summed E-state index contributed by atoms with van der Waals surface area (Å²) in [7, 11) is 0. The first-order valence-corrected chi connectivity index (χ1v) is 8.58. The Kier molecular flexibility index (Phi) is 3.62. The number of allylic oxidation sites excluding steroid dienone is 1. The van der Waals surface area contributed by atoms with E-state index in [1.165, 1.54) is 33.4 Å². The van der Waals surface area contributed by atoms with Gasteiger partial charge in [-0.1, -0.05) is 35.9 Å². The molecule has 0 amide bonds. The van der Waals surface area contributed by atoms with Crippen molar-refractivity contribution in [1.82, 2.24) is 0 Å². The van der Waals surface area contributed by atoms with Gasteiger partial charge in [-0.15, -0.1) is 0 Å². The molecule has 1 aromatic heterocycles. The van der Waals surface area contributed by atoms with E-state index in [1.807, 2.05) is 31.2 Å². The normalized spacial score (nSPS) is 13.1. The lowest BCUT2D eigenvalue weighted by molar-refractivity contribution is 0.521. The minimum atomic E-state index is 0.795. The zero-order valence-electron chi connectivity index (χ0n) is 14.1. The fourth-order valence-electron chi connectivity index (χ4n) is 3.53. The molecule has 1 heterocycles. The van der Waals surface area contributed by atoms with Crippen molar-refractivity contribution in [1.29, 1.82) is 0 Å². The number of fused-ring (bicyclic) bond motifs is 1. The molecule has 4 rings (SSSR count). The van der Waals surface area contributed by atoms with E-state index in [0.717, 1.165) is 28.5 Å². The molecule has 1 nitrogen and oxygen atoms in total. The van der Waals surface area contributed by atoms with E-state index in [-0.39, 0.29) is 0 Å². The Hall–Kier alpha value is -2.25. The monoisotopic (exact) mass is 334 g/mol. The zero-order chi connectivity index (χ0) is 16.8. The second-order valence-electron chi connectivity index (χ2n) is 6.50. The van der Waals surface area contributed by atoms with Gasteiger partial charge in [0.1, 0.15) is 11.5 Å². The number of hydrogen-bond acceptors (Lipinski definition) is 1. The summed E-state index contributed by atoms with van der Waals surface area (Å²) in [6, 6.07) is 14.5. The fourth-order valence-corrected chi connectivity index (χ4v) is 3.76. The van der Waals surface area contributed by atoms with Crippen LogP contribution in [0.4, 0.5) is 0 Å². The minimum Gasteiger partial charge on any atom is -0.462 e. The van der Waals surface area contributed by atoms with Gasteiger partial charge in [-0.25, -0.2) is 0 Å². The van der Waals surface area contributed by atoms with E-state index >= 15 is 0 Å². The van der Waals surface area contributed by atoms with Gasteiger partial charge < -0.3 is 4.42 Å². The maximum absolute atomic E-state index is 6.50. The summed E-state index contributed by atoms with van der Waals surface area (Å²) in [5, 5.41) is 0.795. The van der Waals surface area contributed by atoms with Crippen LogP contribution in [0.3, 0.4) is 0 Å². The topological polar surface area (TPSA) is 13.1 Å². The van der Waals surface area contributed by atoms with Crippen LogP contribution >= 0.6 is 11.6 Å². The van der Waals surface area contributed by atoms with Gasteiger partial charge in [0.25, 0.3) is 0 Å². The molecule has 0 fully saturated rings. The number of halogens is 1. The summed E-state index contributed by atoms with van der Waals surface area (Å²) >= 11 is 6.50. The molecule has 0 saturated heterocycles. The molecule has 0 bridgehead atoms. The van der Waals surface area contributed by atoms with Crippen LogP contribution in [0.2, 0.25) is 5.02 Å². The largest absolute Gasteiger partial charge is 0.462 e. The molecule has 0 unspecified atom stereocenters. The smallest absolute Gasteiger partial charge is 0.130 e. The highest BCUT2D eigenvalue weighted by Crippen LogP contribution is 2.42. The molecule has 1 aliphatic carbocycles. The average Bonchev–Trinajstić information content (AvgIpc) is 3.16. The standard InChI is InChI=1S/C22H19ClO/c1-13-10-16-11-17(21-9-8-14(2)24-21)12-19(16)22(15(13)3)18-6-4-5-7-20(18)23/h4-10,12H,11H2,1-3H3. The molecule has 24 heavy (non-hydrogen) atoms. The van der Waals surface area contributed by atoms with Crippen molar-refractivity contribution in [2.45, 2.75) is 27.2 Å². The number of hydrogen-bond donors (Lipinski definition) is 0. The van der Waals surface area contributed by atoms with Gasteiger partial charge in [-0.3, -0.25) is 0 Å². The van der Waals surface area contributed by atoms with Gasteiger partial charge in [0.05, 0.1) is 0 Å². The highest BCUT2D eigenvalue weighted by atomic mass is 35.5. The van der Waals surface area contributed by atoms with Gasteiger partial charge in [0, 0.05) is 17.0 Å². The lowest BCUT2D eigenvalue weighted by Crippen LogP contribution is -1.95. The van der Waals surface area contributed by atoms with Gasteiger partial charge >= 0.3 is 0 Å². The van der Waals surface area contributed by atoms with Crippen LogP contribution in [-0.2, 0) is 6.42 Å². The zero-order valence-corrected chi connectivity index (χ0v) is 14.9. The third kappa shape index (κ3) is 2.40. The Morgan fingerprint density at radius 1 is 1.00 bits per heavy atom. The first-order valence-electron chi connectivity index (χ1n) is 8.20. The van der Waals surface area contributed by atoms with Crippen LogP contribution in [-0.4, -0.2) is 0 Å². The summed E-state index contributed by atoms with van der Waals surface area (Å²) < 4.78 is 5.83. The van der Waals surface area contributed by atoms with Gasteiger partial charge in [-0.05, 0) is 78.4 Å². The Morgan fingerprint density at radius 2 is 1.79 bits per heavy atom. The van der Waals surface area contributed by atoms with Crippen molar-refractivity contribution >= 4 is 23.3 Å². The lowest BCUT2D eigenvalue weighted by Gasteiger charge is -2.16. The number of benzene rings is 2. The molecule has 2 aromatic carbocycles. The first-order chi connectivity index (χ1) is 11.5. The molecular formula is C22H19ClO. The van der Waals surface area contributed by atoms with Crippen molar-refractivity contribution in [2.75, 3.05) is 0 Å². The molecular weight excluding hydrogens is 316 g/mol. The summed E-state index contributed by atoms with van der Waals surface area (Å²) in [5.41, 5.74) is 8.78. The summed E-state index contributed by atoms with van der Waals surface area (Å²) in [6.07, 6.45) is 3.17. The predicted molar refractivity (Wildman–Crippen MR) is 101 cm³/mol. The van der Waals surface area contributed by atoms with Gasteiger partial charge in [-0.2, -0.15) is 0 Å². The predicted octanol–water partition coefficient (Wildman–Crippen LogP) is 6.62. The summed E-state index contributed by atoms with van der Waals surface area (Å²) in [5.74, 6) is 1.91. The first kappa shape index (κ1) is 15.3. The van der Waals surface area contributed by atoms with Crippen molar-refractivity contribution < 1.29 is 4.42 Å². The van der Waals surface area contributed by atoms with Gasteiger partial charge in [0.15, 0.2) is 0 Å². The van der Waals surface area contributed by atoms with E-state index < -0.39 is 0 Å². The van der Waals surface area contributed by atoms with Crippen molar-refractivity contribution in [3.63, 3.8) is 0 Å². The Bertz CT molecular complexity index is 976. The third-order valence-corrected chi connectivity index (χ3v) is 5.20. The fraction of sp³-hybridized carbons (Fsp3) is 0.182. The maximum Gasteiger partial charge on any atom is 0.130 e. The molecule has 0 aliphatic heterocycles. The maximum atomic E-state index is 6.50. The number of rotatable bonds is 2. The Morgan fingerprint density at radius 3 is 2.50 bits per heavy atom. The van der Waals surface area contributed by atoms with E-state index in [2.05, 4.69) is 38.1 Å². The van der Waals surface area contributed by atoms with Crippen LogP contribution < -0.4 is 0 Å². The third-order valence-electron chi connectivity index (χ3n) is 4.87. The highest BCUT2D eigenvalue weighted by molar-refractivity contribution is 6.33. The Labute approximate surface area is 147 Å². The molecule has 0 radical (unpaired) electrons. The van der Waals surface area contributed by atoms with E-state index in [1.54, 1.807) is 0 Å². The summed E-state index contributed by atoms with van der Waals surface area (Å²) in [4.78, 5) is 0. The van der Waals surface area contributed by atoms with Crippen molar-refractivity contribution in [3.8, 4) is 11.1 Å². The second-order valence-corrected chi connectivity index (χ2v) is 6.91. The highest BCUT2D eigenvalue weighted by Gasteiger charge is 2.23. The molecule has 0 N–H and O–H groups in total. The van der Waals surface area contributed by atoms with E-state index in [9.17, 15) is 0 Å². The Balaban J connectivity index is 1.94. The molecule has 0 saturated carbocycles. The molecule has 0 spiro atoms. The van der Waals surface area contributed by atoms with Crippen molar-refractivity contribution in [2.24, 2.45) is 0 Å². The van der Waals surface area contributed by atoms with Crippen LogP contribution in [0.5, 0.6) is 0 Å². The molecule has 2 heteroatoms. The quantitative estimate of drug-likeness (QED) is 0.513. The van der Waals surface area contributed by atoms with Crippen LogP contribution in [0.15, 0.2) is 46.9 Å². The number of furan rings is 1. The van der Waals surface area contributed by atoms with E-state index in [0.29, 0.717) is 0 Å². The van der Waals surface area contributed by atoms with Crippen LogP contribution in [0.25, 0.3) is 22.8 Å².